The van der Waals surface area contributed by atoms with Gasteiger partial charge in [0.15, 0.2) is 0 Å². The molecule has 6 heteroatoms. The van der Waals surface area contributed by atoms with Crippen molar-refractivity contribution in [2.24, 2.45) is 0 Å². The van der Waals surface area contributed by atoms with E-state index in [1.54, 1.807) is 0 Å². The molecule has 25 heavy (non-hydrogen) atoms. The number of carbonyl (C=O) groups is 1. The Kier molecular flexibility index (Phi) is 5.60. The van der Waals surface area contributed by atoms with Crippen LogP contribution in [0.25, 0.3) is 0 Å². The van der Waals surface area contributed by atoms with Crippen LogP contribution in [0.3, 0.4) is 0 Å². The van der Waals surface area contributed by atoms with Gasteiger partial charge in [0.2, 0.25) is 5.91 Å². The number of nitrogens with zero attached hydrogens (tertiary/aromatic N) is 3. The van der Waals surface area contributed by atoms with Crippen LogP contribution in [0.1, 0.15) is 42.8 Å². The lowest BCUT2D eigenvalue weighted by Gasteiger charge is -2.25. The number of carbonyl (C=O) groups excluding carboxylic acids is 1. The number of hydrogen-bond donors (Lipinski definition) is 2. The van der Waals surface area contributed by atoms with Gasteiger partial charge in [-0.2, -0.15) is 0 Å². The number of amides is 1. The maximum Gasteiger partial charge on any atom is 0.217 e. The van der Waals surface area contributed by atoms with Crippen molar-refractivity contribution in [2.75, 3.05) is 18.9 Å². The van der Waals surface area contributed by atoms with E-state index in [1.165, 1.54) is 12.5 Å². The van der Waals surface area contributed by atoms with Gasteiger partial charge in [-0.1, -0.05) is 12.1 Å². The molecule has 0 aliphatic carbocycles. The molecule has 0 aromatic carbocycles. The number of nitrogens with one attached hydrogen (secondary N) is 2. The molecule has 0 saturated carbocycles. The first kappa shape index (κ1) is 17.4. The van der Waals surface area contributed by atoms with Crippen LogP contribution in [0.15, 0.2) is 36.5 Å². The topological polar surface area (TPSA) is 70.2 Å². The smallest absolute Gasteiger partial charge is 0.217 e. The zero-order valence-electron chi connectivity index (χ0n) is 14.8. The van der Waals surface area contributed by atoms with Gasteiger partial charge in [0.25, 0.3) is 0 Å². The highest BCUT2D eigenvalue weighted by Gasteiger charge is 2.27. The zero-order chi connectivity index (χ0) is 17.6. The molecule has 1 aliphatic rings. The first-order chi connectivity index (χ1) is 12.2. The molecule has 132 valence electrons. The summed E-state index contributed by atoms with van der Waals surface area (Å²) >= 11 is 0. The minimum Gasteiger partial charge on any atom is -0.373 e. The van der Waals surface area contributed by atoms with Crippen LogP contribution in [0, 0.1) is 0 Å². The van der Waals surface area contributed by atoms with Crippen molar-refractivity contribution in [3.8, 4) is 0 Å². The van der Waals surface area contributed by atoms with E-state index in [1.807, 2.05) is 31.4 Å². The Labute approximate surface area is 148 Å². The predicted molar refractivity (Wildman–Crippen MR) is 97.9 cm³/mol. The molecule has 1 saturated heterocycles. The van der Waals surface area contributed by atoms with Gasteiger partial charge in [0, 0.05) is 32.3 Å². The highest BCUT2D eigenvalue weighted by atomic mass is 16.1. The van der Waals surface area contributed by atoms with Gasteiger partial charge >= 0.3 is 0 Å². The largest absolute Gasteiger partial charge is 0.373 e. The number of likely N-dealkylation sites (tertiary alicyclic amines) is 1. The molecular weight excluding hydrogens is 314 g/mol. The normalized spacial score (nSPS) is 17.4. The second-order valence-corrected chi connectivity index (χ2v) is 6.35. The van der Waals surface area contributed by atoms with Crippen molar-refractivity contribution >= 4 is 11.7 Å². The number of rotatable bonds is 6. The molecule has 1 fully saturated rings. The summed E-state index contributed by atoms with van der Waals surface area (Å²) < 4.78 is 0. The molecular formula is C19H25N5O. The Morgan fingerprint density at radius 2 is 2.20 bits per heavy atom. The minimum absolute atomic E-state index is 0.0362. The Balaban J connectivity index is 1.75. The van der Waals surface area contributed by atoms with E-state index in [4.69, 9.17) is 4.98 Å². The van der Waals surface area contributed by atoms with Gasteiger partial charge in [0.1, 0.15) is 5.82 Å². The van der Waals surface area contributed by atoms with Crippen LogP contribution < -0.4 is 10.6 Å². The van der Waals surface area contributed by atoms with E-state index in [9.17, 15) is 4.79 Å². The molecule has 0 spiro atoms. The number of pyridine rings is 2. The third kappa shape index (κ3) is 4.33. The van der Waals surface area contributed by atoms with E-state index in [2.05, 4.69) is 32.7 Å². The van der Waals surface area contributed by atoms with Crippen molar-refractivity contribution < 1.29 is 4.79 Å². The van der Waals surface area contributed by atoms with Crippen LogP contribution in [0.5, 0.6) is 0 Å². The highest BCUT2D eigenvalue weighted by Crippen LogP contribution is 2.33. The van der Waals surface area contributed by atoms with Gasteiger partial charge in [-0.05, 0) is 37.6 Å². The first-order valence-electron chi connectivity index (χ1n) is 8.73. The second kappa shape index (κ2) is 8.07. The van der Waals surface area contributed by atoms with Crippen molar-refractivity contribution in [1.29, 1.82) is 0 Å². The quantitative estimate of drug-likeness (QED) is 0.846. The summed E-state index contributed by atoms with van der Waals surface area (Å²) in [5, 5.41) is 5.98. The SMILES string of the molecule is CNc1ncccc1CN1CCC[C@H]1c1cccc(CNC(C)=O)n1. The minimum atomic E-state index is -0.0362. The fourth-order valence-corrected chi connectivity index (χ4v) is 3.36. The van der Waals surface area contributed by atoms with Crippen molar-refractivity contribution in [3.63, 3.8) is 0 Å². The third-order valence-electron chi connectivity index (χ3n) is 4.55. The Bertz CT molecular complexity index is 733. The van der Waals surface area contributed by atoms with E-state index in [0.717, 1.165) is 43.1 Å². The third-order valence-corrected chi connectivity index (χ3v) is 4.55. The lowest BCUT2D eigenvalue weighted by atomic mass is 10.1. The summed E-state index contributed by atoms with van der Waals surface area (Å²) in [5.41, 5.74) is 3.18. The molecule has 1 aliphatic heterocycles. The molecule has 2 aromatic heterocycles. The van der Waals surface area contributed by atoms with Gasteiger partial charge < -0.3 is 10.6 Å². The lowest BCUT2D eigenvalue weighted by molar-refractivity contribution is -0.119. The second-order valence-electron chi connectivity index (χ2n) is 6.35. The van der Waals surface area contributed by atoms with Crippen LogP contribution >= 0.6 is 0 Å². The average Bonchev–Trinajstić information content (AvgIpc) is 3.09. The first-order valence-corrected chi connectivity index (χ1v) is 8.73. The summed E-state index contributed by atoms with van der Waals surface area (Å²) in [6, 6.07) is 10.5. The number of aromatic nitrogens is 2. The van der Waals surface area contributed by atoms with E-state index in [0.29, 0.717) is 12.6 Å². The Morgan fingerprint density at radius 1 is 1.32 bits per heavy atom. The van der Waals surface area contributed by atoms with Crippen LogP contribution in [-0.4, -0.2) is 34.4 Å². The molecule has 3 heterocycles. The van der Waals surface area contributed by atoms with E-state index in [-0.39, 0.29) is 5.91 Å². The maximum absolute atomic E-state index is 11.1. The zero-order valence-corrected chi connectivity index (χ0v) is 14.8. The van der Waals surface area contributed by atoms with E-state index < -0.39 is 0 Å². The Hall–Kier alpha value is -2.47. The molecule has 2 N–H and O–H groups in total. The molecule has 1 amide bonds. The summed E-state index contributed by atoms with van der Waals surface area (Å²) in [5.74, 6) is 0.895. The van der Waals surface area contributed by atoms with E-state index >= 15 is 0 Å². The summed E-state index contributed by atoms with van der Waals surface area (Å²) in [4.78, 5) is 22.7. The highest BCUT2D eigenvalue weighted by molar-refractivity contribution is 5.72. The Morgan fingerprint density at radius 3 is 3.00 bits per heavy atom. The fraction of sp³-hybridized carbons (Fsp3) is 0.421. The summed E-state index contributed by atoms with van der Waals surface area (Å²) in [6.45, 7) is 3.91. The molecule has 1 atom stereocenters. The van der Waals surface area contributed by atoms with Gasteiger partial charge in [-0.25, -0.2) is 4.98 Å². The molecule has 0 bridgehead atoms. The van der Waals surface area contributed by atoms with Crippen LogP contribution in [-0.2, 0) is 17.9 Å². The monoisotopic (exact) mass is 339 g/mol. The predicted octanol–water partition coefficient (Wildman–Crippen LogP) is 2.49. The lowest BCUT2D eigenvalue weighted by Crippen LogP contribution is -2.25. The molecule has 3 rings (SSSR count). The van der Waals surface area contributed by atoms with Gasteiger partial charge in [-0.3, -0.25) is 14.7 Å². The van der Waals surface area contributed by atoms with Gasteiger partial charge in [0.05, 0.1) is 24.0 Å². The van der Waals surface area contributed by atoms with Crippen LogP contribution in [0.4, 0.5) is 5.82 Å². The molecule has 2 aromatic rings. The van der Waals surface area contributed by atoms with Crippen molar-refractivity contribution in [2.45, 2.75) is 38.9 Å². The van der Waals surface area contributed by atoms with Gasteiger partial charge in [-0.15, -0.1) is 0 Å². The average molecular weight is 339 g/mol. The number of hydrogen-bond acceptors (Lipinski definition) is 5. The standard InChI is InChI=1S/C19H25N5O/c1-14(25)22-12-16-7-3-8-17(23-16)18-9-5-11-24(18)13-15-6-4-10-21-19(15)20-2/h3-4,6-8,10,18H,5,9,11-13H2,1-2H3,(H,20,21)(H,22,25)/t18-/m0/s1. The summed E-state index contributed by atoms with van der Waals surface area (Å²) in [6.07, 6.45) is 4.08. The van der Waals surface area contributed by atoms with Crippen LogP contribution in [0.2, 0.25) is 0 Å². The fourth-order valence-electron chi connectivity index (χ4n) is 3.36. The molecule has 0 radical (unpaired) electrons. The van der Waals surface area contributed by atoms with Crippen molar-refractivity contribution in [1.82, 2.24) is 20.2 Å². The molecule has 6 nitrogen and oxygen atoms in total. The number of anilines is 1. The van der Waals surface area contributed by atoms with Crippen molar-refractivity contribution in [3.05, 3.63) is 53.5 Å². The maximum atomic E-state index is 11.1. The molecule has 0 unspecified atom stereocenters. The summed E-state index contributed by atoms with van der Waals surface area (Å²) in [7, 11) is 1.90.